The van der Waals surface area contributed by atoms with Crippen molar-refractivity contribution in [2.75, 3.05) is 88.3 Å². The summed E-state index contributed by atoms with van der Waals surface area (Å²) < 4.78 is 29.0. The van der Waals surface area contributed by atoms with Crippen molar-refractivity contribution in [3.63, 3.8) is 0 Å². The molecule has 2 amide bonds. The lowest BCUT2D eigenvalue weighted by Gasteiger charge is -2.36. The fourth-order valence-electron chi connectivity index (χ4n) is 6.41. The Balaban J connectivity index is 0.000000685. The number of carbonyl (C=O) groups is 2. The summed E-state index contributed by atoms with van der Waals surface area (Å²) in [6.45, 7) is 32.1. The van der Waals surface area contributed by atoms with E-state index in [-0.39, 0.29) is 39.6 Å². The summed E-state index contributed by atoms with van der Waals surface area (Å²) >= 11 is 0. The van der Waals surface area contributed by atoms with Crippen LogP contribution in [-0.2, 0) is 59.2 Å². The molecule has 67 heavy (non-hydrogen) atoms. The monoisotopic (exact) mass is 1030 g/mol. The number of hydrogen-bond acceptors (Lipinski definition) is 13. The molecule has 0 saturated heterocycles. The lowest BCUT2D eigenvalue weighted by Crippen LogP contribution is -2.40. The molecule has 0 aliphatic heterocycles. The summed E-state index contributed by atoms with van der Waals surface area (Å²) in [5, 5.41) is 19.3. The molecule has 386 valence electrons. The average Bonchev–Trinajstić information content (AvgIpc) is 3.28. The highest BCUT2D eigenvalue weighted by Gasteiger charge is 2.37. The van der Waals surface area contributed by atoms with Crippen LogP contribution in [0.4, 0.5) is 11.4 Å². The van der Waals surface area contributed by atoms with Crippen LogP contribution in [0.2, 0.25) is 18.1 Å². The van der Waals surface area contributed by atoms with E-state index in [4.69, 9.17) is 23.4 Å². The summed E-state index contributed by atoms with van der Waals surface area (Å²) in [5.41, 5.74) is 5.31. The van der Waals surface area contributed by atoms with Crippen molar-refractivity contribution in [3.05, 3.63) is 58.7 Å². The standard InChI is InChI=1S/C29H53NO4S2Si.C22H37NO5S2/c1-11-16-32-18-19-33-17-15-30(27(31)13-14-29(6,7)36-35-8)26-21-24(12-2)20-25(22-26)23-34-37(9,10)28(3,4)5;1-5-9-27-11-12-28-10-8-23(21(26)6-7-22(2,3)30-29-4)20-14-18(16-24)13-19(15-20)17-25/h20-22H,11-19,23H2,1-10H3;13-15,24-25H,5-12,16-17H2,1-4H3. The van der Waals surface area contributed by atoms with Gasteiger partial charge in [0.25, 0.3) is 0 Å². The second-order valence-electron chi connectivity index (χ2n) is 19.3. The van der Waals surface area contributed by atoms with Gasteiger partial charge in [0, 0.05) is 60.0 Å². The molecule has 0 aromatic heterocycles. The maximum Gasteiger partial charge on any atom is 0.227 e. The Morgan fingerprint density at radius 2 is 0.940 bits per heavy atom. The van der Waals surface area contributed by atoms with Gasteiger partial charge in [0.2, 0.25) is 11.8 Å². The predicted octanol–water partition coefficient (Wildman–Crippen LogP) is 12.1. The van der Waals surface area contributed by atoms with Gasteiger partial charge in [0.15, 0.2) is 8.32 Å². The van der Waals surface area contributed by atoms with E-state index in [1.54, 1.807) is 55.5 Å². The van der Waals surface area contributed by atoms with Crippen molar-refractivity contribution in [1.82, 2.24) is 0 Å². The van der Waals surface area contributed by atoms with Crippen LogP contribution in [0, 0.1) is 0 Å². The molecule has 0 spiro atoms. The molecule has 2 aromatic carbocycles. The quantitative estimate of drug-likeness (QED) is 0.0393. The number of anilines is 2. The molecule has 2 aromatic rings. The smallest absolute Gasteiger partial charge is 0.227 e. The Morgan fingerprint density at radius 3 is 1.30 bits per heavy atom. The summed E-state index contributed by atoms with van der Waals surface area (Å²) in [7, 11) is 5.17. The van der Waals surface area contributed by atoms with Crippen molar-refractivity contribution >= 4 is 74.7 Å². The van der Waals surface area contributed by atoms with Crippen LogP contribution in [0.15, 0.2) is 36.4 Å². The molecule has 0 bridgehead atoms. The SMILES string of the molecule is CCCOCCOCCN(C(=O)CCC(C)(C)SSC)c1cc(CC)cc(CO[Si](C)(C)C(C)(C)C)c1.CCCOCCOCCN(C(=O)CCC(C)(C)SSC)c1cc(CO)cc(CO)c1. The Kier molecular flexibility index (Phi) is 32.5. The molecule has 2 rings (SSSR count). The molecule has 0 saturated carbocycles. The number of benzene rings is 2. The zero-order valence-corrected chi connectivity index (χ0v) is 48.2. The van der Waals surface area contributed by atoms with Crippen LogP contribution < -0.4 is 9.80 Å². The first kappa shape index (κ1) is 63.7. The Hall–Kier alpha value is -1.28. The number of nitrogens with zero attached hydrogens (tertiary/aromatic N) is 2. The summed E-state index contributed by atoms with van der Waals surface area (Å²) in [6, 6.07) is 11.8. The van der Waals surface area contributed by atoms with E-state index in [0.29, 0.717) is 89.0 Å². The van der Waals surface area contributed by atoms with Crippen LogP contribution in [0.5, 0.6) is 0 Å². The van der Waals surface area contributed by atoms with Crippen molar-refractivity contribution in [2.24, 2.45) is 0 Å². The lowest BCUT2D eigenvalue weighted by atomic mass is 10.0. The molecule has 0 radical (unpaired) electrons. The minimum Gasteiger partial charge on any atom is -0.413 e. The van der Waals surface area contributed by atoms with Crippen LogP contribution in [0.25, 0.3) is 0 Å². The van der Waals surface area contributed by atoms with Gasteiger partial charge in [-0.05, 0) is 137 Å². The largest absolute Gasteiger partial charge is 0.413 e. The van der Waals surface area contributed by atoms with Crippen LogP contribution >= 0.6 is 43.2 Å². The van der Waals surface area contributed by atoms with Crippen molar-refractivity contribution in [2.45, 2.75) is 162 Å². The predicted molar refractivity (Wildman–Crippen MR) is 293 cm³/mol. The number of aliphatic hydroxyl groups excluding tert-OH is 2. The highest BCUT2D eigenvalue weighted by molar-refractivity contribution is 8.77. The Labute approximate surface area is 424 Å². The second-order valence-corrected chi connectivity index (χ2v) is 30.3. The number of aryl methyl sites for hydroxylation is 1. The first-order chi connectivity index (χ1) is 31.6. The number of carbonyl (C=O) groups excluding carboxylic acids is 2. The zero-order valence-electron chi connectivity index (χ0n) is 43.9. The fraction of sp³-hybridized carbons (Fsp3) is 0.725. The molecule has 11 nitrogen and oxygen atoms in total. The maximum atomic E-state index is 13.6. The summed E-state index contributed by atoms with van der Waals surface area (Å²) in [4.78, 5) is 30.3. The third-order valence-electron chi connectivity index (χ3n) is 11.3. The first-order valence-corrected chi connectivity index (χ1v) is 32.1. The van der Waals surface area contributed by atoms with Gasteiger partial charge >= 0.3 is 0 Å². The van der Waals surface area contributed by atoms with Crippen LogP contribution in [0.1, 0.15) is 130 Å². The topological polar surface area (TPSA) is 127 Å². The van der Waals surface area contributed by atoms with Gasteiger partial charge in [-0.15, -0.1) is 0 Å². The number of ether oxygens (including phenoxy) is 4. The number of amides is 2. The minimum atomic E-state index is -1.88. The third-order valence-corrected chi connectivity index (χ3v) is 21.2. The second kappa shape index (κ2) is 34.1. The Bertz CT molecular complexity index is 1660. The van der Waals surface area contributed by atoms with E-state index in [1.165, 1.54) is 5.56 Å². The van der Waals surface area contributed by atoms with Gasteiger partial charge < -0.3 is 43.4 Å². The van der Waals surface area contributed by atoms with E-state index in [0.717, 1.165) is 56.6 Å². The van der Waals surface area contributed by atoms with E-state index >= 15 is 0 Å². The Morgan fingerprint density at radius 1 is 0.567 bits per heavy atom. The van der Waals surface area contributed by atoms with Gasteiger partial charge in [-0.2, -0.15) is 0 Å². The van der Waals surface area contributed by atoms with Crippen LogP contribution in [-0.4, -0.2) is 118 Å². The molecule has 0 unspecified atom stereocenters. The molecular weight excluding hydrogens is 941 g/mol. The van der Waals surface area contributed by atoms with E-state index < -0.39 is 8.32 Å². The summed E-state index contributed by atoms with van der Waals surface area (Å²) in [5.74, 6) is 0.153. The summed E-state index contributed by atoms with van der Waals surface area (Å²) in [6.07, 6.45) is 9.52. The van der Waals surface area contributed by atoms with Crippen molar-refractivity contribution in [1.29, 1.82) is 0 Å². The van der Waals surface area contributed by atoms with Crippen molar-refractivity contribution < 1.29 is 43.2 Å². The number of aliphatic hydroxyl groups is 2. The normalized spacial score (nSPS) is 12.2. The molecular formula is C51H90N2O9S4Si. The van der Waals surface area contributed by atoms with Crippen LogP contribution in [0.3, 0.4) is 0 Å². The van der Waals surface area contributed by atoms with Gasteiger partial charge in [-0.1, -0.05) is 96.9 Å². The first-order valence-electron chi connectivity index (χ1n) is 24.1. The molecule has 0 aliphatic carbocycles. The maximum absolute atomic E-state index is 13.6. The van der Waals surface area contributed by atoms with Gasteiger partial charge in [0.05, 0.1) is 59.5 Å². The molecule has 0 atom stereocenters. The van der Waals surface area contributed by atoms with Gasteiger partial charge in [-0.25, -0.2) is 0 Å². The van der Waals surface area contributed by atoms with E-state index in [9.17, 15) is 19.8 Å². The zero-order chi connectivity index (χ0) is 50.5. The van der Waals surface area contributed by atoms with E-state index in [2.05, 4.69) is 107 Å². The highest BCUT2D eigenvalue weighted by Crippen LogP contribution is 2.39. The lowest BCUT2D eigenvalue weighted by molar-refractivity contribution is -0.119. The molecule has 16 heteroatoms. The third kappa shape index (κ3) is 26.7. The highest BCUT2D eigenvalue weighted by atomic mass is 33.1. The van der Waals surface area contributed by atoms with E-state index in [1.807, 2.05) is 21.9 Å². The number of rotatable bonds is 34. The molecule has 2 N–H and O–H groups in total. The molecule has 0 aliphatic rings. The van der Waals surface area contributed by atoms with Crippen molar-refractivity contribution in [3.8, 4) is 0 Å². The fourth-order valence-corrected chi connectivity index (χ4v) is 11.8. The minimum absolute atomic E-state index is 0.00291. The average molecular weight is 1030 g/mol. The molecule has 0 heterocycles. The van der Waals surface area contributed by atoms with Gasteiger partial charge in [-0.3, -0.25) is 9.59 Å². The van der Waals surface area contributed by atoms with Gasteiger partial charge in [0.1, 0.15) is 0 Å². The number of hydrogen-bond donors (Lipinski definition) is 2. The molecule has 0 fully saturated rings.